The van der Waals surface area contributed by atoms with Crippen LogP contribution in [0.4, 0.5) is 13.2 Å². The number of methoxy groups -OCH3 is 1. The van der Waals surface area contributed by atoms with Gasteiger partial charge in [-0.25, -0.2) is 9.97 Å². The molecule has 0 saturated carbocycles. The van der Waals surface area contributed by atoms with Crippen molar-refractivity contribution in [2.75, 3.05) is 7.11 Å². The molecule has 0 atom stereocenters. The first-order chi connectivity index (χ1) is 16.7. The Balaban J connectivity index is 1.51. The number of benzene rings is 2. The summed E-state index contributed by atoms with van der Waals surface area (Å²) in [6.45, 7) is 0. The molecule has 2 aromatic heterocycles. The van der Waals surface area contributed by atoms with Gasteiger partial charge in [0.15, 0.2) is 0 Å². The molecular formula is C26H21ClF3N3O2. The van der Waals surface area contributed by atoms with Crippen molar-refractivity contribution >= 4 is 17.4 Å². The van der Waals surface area contributed by atoms with Crippen molar-refractivity contribution in [2.24, 2.45) is 0 Å². The molecule has 0 fully saturated rings. The number of carbonyl (C=O) groups is 1. The van der Waals surface area contributed by atoms with Crippen molar-refractivity contribution in [3.8, 4) is 17.1 Å². The average molecular weight is 500 g/mol. The predicted molar refractivity (Wildman–Crippen MR) is 126 cm³/mol. The van der Waals surface area contributed by atoms with Gasteiger partial charge in [-0.15, -0.1) is 0 Å². The van der Waals surface area contributed by atoms with Gasteiger partial charge >= 0.3 is 6.18 Å². The molecule has 4 rings (SSSR count). The third-order valence-corrected chi connectivity index (χ3v) is 5.74. The summed E-state index contributed by atoms with van der Waals surface area (Å²) in [4.78, 5) is 24.8. The number of aromatic nitrogens is 3. The van der Waals surface area contributed by atoms with Gasteiger partial charge in [-0.2, -0.15) is 13.2 Å². The van der Waals surface area contributed by atoms with Gasteiger partial charge in [0.05, 0.1) is 29.1 Å². The summed E-state index contributed by atoms with van der Waals surface area (Å²) in [5.74, 6) is 0.886. The van der Waals surface area contributed by atoms with Gasteiger partial charge in [-0.05, 0) is 47.5 Å². The zero-order valence-corrected chi connectivity index (χ0v) is 19.5. The number of H-pyrrole nitrogens is 1. The third-order valence-electron chi connectivity index (χ3n) is 5.41. The predicted octanol–water partition coefficient (Wildman–Crippen LogP) is 6.10. The second-order valence-corrected chi connectivity index (χ2v) is 8.38. The molecular weight excluding hydrogens is 479 g/mol. The second kappa shape index (κ2) is 10.3. The van der Waals surface area contributed by atoms with Crippen molar-refractivity contribution in [1.29, 1.82) is 0 Å². The largest absolute Gasteiger partial charge is 0.496 e. The first kappa shape index (κ1) is 24.5. The molecule has 1 N–H and O–H groups in total. The summed E-state index contributed by atoms with van der Waals surface area (Å²) in [7, 11) is 1.50. The van der Waals surface area contributed by atoms with Crippen LogP contribution in [0.5, 0.6) is 5.75 Å². The quantitative estimate of drug-likeness (QED) is 0.318. The van der Waals surface area contributed by atoms with E-state index in [1.165, 1.54) is 13.2 Å². The van der Waals surface area contributed by atoms with Gasteiger partial charge in [0, 0.05) is 37.2 Å². The first-order valence-electron chi connectivity index (χ1n) is 10.7. The highest BCUT2D eigenvalue weighted by molar-refractivity contribution is 6.31. The molecule has 180 valence electrons. The Labute approximate surface area is 205 Å². The van der Waals surface area contributed by atoms with E-state index in [9.17, 15) is 18.0 Å². The molecule has 0 saturated heterocycles. The molecule has 0 amide bonds. The Morgan fingerprint density at radius 1 is 1.06 bits per heavy atom. The molecule has 0 radical (unpaired) electrons. The lowest BCUT2D eigenvalue weighted by Gasteiger charge is -2.12. The molecule has 0 spiro atoms. The van der Waals surface area contributed by atoms with E-state index in [4.69, 9.17) is 16.3 Å². The van der Waals surface area contributed by atoms with E-state index < -0.39 is 16.8 Å². The number of rotatable bonds is 8. The minimum atomic E-state index is -4.59. The Hall–Kier alpha value is -3.65. The number of nitrogens with zero attached hydrogens (tertiary/aromatic N) is 2. The summed E-state index contributed by atoms with van der Waals surface area (Å²) in [6, 6.07) is 14.6. The number of ether oxygens (including phenoxy) is 1. The van der Waals surface area contributed by atoms with Crippen LogP contribution in [0.3, 0.4) is 0 Å². The first-order valence-corrected chi connectivity index (χ1v) is 11.1. The molecule has 35 heavy (non-hydrogen) atoms. The molecule has 0 unspecified atom stereocenters. The van der Waals surface area contributed by atoms with Crippen molar-refractivity contribution in [1.82, 2.24) is 15.0 Å². The minimum absolute atomic E-state index is 0.00433. The fourth-order valence-electron chi connectivity index (χ4n) is 3.79. The highest BCUT2D eigenvalue weighted by Crippen LogP contribution is 2.35. The molecule has 0 aliphatic heterocycles. The average Bonchev–Trinajstić information content (AvgIpc) is 3.35. The van der Waals surface area contributed by atoms with E-state index in [0.717, 1.165) is 29.1 Å². The summed E-state index contributed by atoms with van der Waals surface area (Å²) in [6.07, 6.45) is -0.801. The second-order valence-electron chi connectivity index (χ2n) is 7.97. The molecule has 9 heteroatoms. The SMILES string of the molecule is COc1ccc(Cc2nccc(-c3ccc[nH]3)n2)cc1CC(=O)Cc1ccc(Cl)c(C(F)(F)F)c1. The number of nitrogens with one attached hydrogen (secondary N) is 1. The fourth-order valence-corrected chi connectivity index (χ4v) is 4.01. The fraction of sp³-hybridized carbons (Fsp3) is 0.192. The Kier molecular flexibility index (Phi) is 7.21. The van der Waals surface area contributed by atoms with E-state index in [2.05, 4.69) is 15.0 Å². The lowest BCUT2D eigenvalue weighted by molar-refractivity contribution is -0.137. The van der Waals surface area contributed by atoms with Gasteiger partial charge in [0.25, 0.3) is 0 Å². The minimum Gasteiger partial charge on any atom is -0.496 e. The maximum atomic E-state index is 13.1. The standard InChI is InChI=1S/C26H21ClF3N3O2/c1-35-24-7-5-16(14-25-32-10-8-23(33-25)22-3-2-9-31-22)11-18(24)15-19(34)12-17-4-6-21(27)20(13-17)26(28,29)30/h2-11,13,31H,12,14-15H2,1H3. The maximum absolute atomic E-state index is 13.1. The topological polar surface area (TPSA) is 67.9 Å². The molecule has 0 aliphatic rings. The smallest absolute Gasteiger partial charge is 0.417 e. The highest BCUT2D eigenvalue weighted by atomic mass is 35.5. The third kappa shape index (κ3) is 6.08. The number of aromatic amines is 1. The van der Waals surface area contributed by atoms with E-state index in [0.29, 0.717) is 23.6 Å². The zero-order valence-electron chi connectivity index (χ0n) is 18.7. The lowest BCUT2D eigenvalue weighted by atomic mass is 9.98. The van der Waals surface area contributed by atoms with Gasteiger partial charge in [0.1, 0.15) is 17.4 Å². The number of halogens is 4. The summed E-state index contributed by atoms with van der Waals surface area (Å²) in [5.41, 5.74) is 2.46. The van der Waals surface area contributed by atoms with Crippen LogP contribution < -0.4 is 4.74 Å². The number of hydrogen-bond donors (Lipinski definition) is 1. The van der Waals surface area contributed by atoms with Crippen LogP contribution in [0.15, 0.2) is 67.0 Å². The number of ketones is 1. The molecule has 0 bridgehead atoms. The number of Topliss-reactive ketones (excluding diaryl/α,β-unsaturated/α-hetero) is 1. The van der Waals surface area contributed by atoms with Crippen LogP contribution in [-0.2, 0) is 30.2 Å². The van der Waals surface area contributed by atoms with E-state index in [1.54, 1.807) is 12.3 Å². The molecule has 2 heterocycles. The molecule has 5 nitrogen and oxygen atoms in total. The van der Waals surface area contributed by atoms with Gasteiger partial charge in [-0.3, -0.25) is 4.79 Å². The summed E-state index contributed by atoms with van der Waals surface area (Å²) in [5, 5.41) is -0.398. The molecule has 2 aromatic carbocycles. The monoisotopic (exact) mass is 499 g/mol. The highest BCUT2D eigenvalue weighted by Gasteiger charge is 2.33. The van der Waals surface area contributed by atoms with Crippen LogP contribution in [0.2, 0.25) is 5.02 Å². The Bertz CT molecular complexity index is 1340. The normalized spacial score (nSPS) is 11.5. The molecule has 4 aromatic rings. The Morgan fingerprint density at radius 3 is 2.57 bits per heavy atom. The van der Waals surface area contributed by atoms with Crippen LogP contribution >= 0.6 is 11.6 Å². The summed E-state index contributed by atoms with van der Waals surface area (Å²) < 4.78 is 44.8. The lowest BCUT2D eigenvalue weighted by Crippen LogP contribution is -2.11. The number of carbonyl (C=O) groups excluding carboxylic acids is 1. The van der Waals surface area contributed by atoms with Gasteiger partial charge in [0.2, 0.25) is 0 Å². The van der Waals surface area contributed by atoms with Crippen molar-refractivity contribution < 1.29 is 22.7 Å². The molecule has 0 aliphatic carbocycles. The number of hydrogen-bond acceptors (Lipinski definition) is 4. The Morgan fingerprint density at radius 2 is 1.86 bits per heavy atom. The maximum Gasteiger partial charge on any atom is 0.417 e. The number of alkyl halides is 3. The van der Waals surface area contributed by atoms with Crippen LogP contribution in [0, 0.1) is 0 Å². The van der Waals surface area contributed by atoms with E-state index >= 15 is 0 Å². The van der Waals surface area contributed by atoms with Gasteiger partial charge in [-0.1, -0.05) is 29.8 Å². The van der Waals surface area contributed by atoms with Gasteiger partial charge < -0.3 is 9.72 Å². The van der Waals surface area contributed by atoms with Crippen molar-refractivity contribution in [2.45, 2.75) is 25.4 Å². The summed E-state index contributed by atoms with van der Waals surface area (Å²) >= 11 is 5.68. The zero-order chi connectivity index (χ0) is 25.0. The van der Waals surface area contributed by atoms with E-state index in [1.807, 2.05) is 36.5 Å². The van der Waals surface area contributed by atoms with E-state index in [-0.39, 0.29) is 24.2 Å². The van der Waals surface area contributed by atoms with Crippen LogP contribution in [-0.4, -0.2) is 27.8 Å². The van der Waals surface area contributed by atoms with Crippen molar-refractivity contribution in [3.63, 3.8) is 0 Å². The van der Waals surface area contributed by atoms with Crippen LogP contribution in [0.1, 0.15) is 28.1 Å². The van der Waals surface area contributed by atoms with Crippen molar-refractivity contribution in [3.05, 3.63) is 100 Å². The van der Waals surface area contributed by atoms with Crippen LogP contribution in [0.25, 0.3) is 11.4 Å².